The van der Waals surface area contributed by atoms with Gasteiger partial charge in [0.1, 0.15) is 10.7 Å². The summed E-state index contributed by atoms with van der Waals surface area (Å²) in [5.41, 5.74) is 0. The Bertz CT molecular complexity index is 533. The van der Waals surface area contributed by atoms with E-state index in [-0.39, 0.29) is 29.7 Å². The van der Waals surface area contributed by atoms with Crippen molar-refractivity contribution in [2.75, 3.05) is 13.2 Å². The summed E-state index contributed by atoms with van der Waals surface area (Å²) in [4.78, 5) is 10.5. The van der Waals surface area contributed by atoms with Gasteiger partial charge in [-0.25, -0.2) is 17.9 Å². The van der Waals surface area contributed by atoms with Gasteiger partial charge in [0, 0.05) is 19.2 Å². The molecular weight excluding hydrogens is 262 g/mol. The van der Waals surface area contributed by atoms with Gasteiger partial charge < -0.3 is 14.6 Å². The number of aliphatic hydroxyl groups excluding tert-OH is 1. The van der Waals surface area contributed by atoms with Crippen molar-refractivity contribution in [1.82, 2.24) is 4.72 Å². The molecule has 0 aliphatic carbocycles. The highest BCUT2D eigenvalue weighted by Crippen LogP contribution is 2.19. The molecule has 18 heavy (non-hydrogen) atoms. The van der Waals surface area contributed by atoms with Crippen molar-refractivity contribution in [3.8, 4) is 0 Å². The molecule has 0 aromatic carbocycles. The first-order chi connectivity index (χ1) is 8.27. The number of aryl methyl sites for hydroxylation is 1. The van der Waals surface area contributed by atoms with E-state index in [1.807, 2.05) is 0 Å². The average Bonchev–Trinajstić information content (AvgIpc) is 2.69. The van der Waals surface area contributed by atoms with Crippen LogP contribution in [0, 0.1) is 12.8 Å². The lowest BCUT2D eigenvalue weighted by Gasteiger charge is -2.09. The topological polar surface area (TPSA) is 117 Å². The van der Waals surface area contributed by atoms with Crippen LogP contribution in [0.3, 0.4) is 0 Å². The molecule has 0 aliphatic rings. The summed E-state index contributed by atoms with van der Waals surface area (Å²) in [6.07, 6.45) is 0. The molecular formula is C10H15NO6S. The molecule has 7 nitrogen and oxygen atoms in total. The van der Waals surface area contributed by atoms with Crippen molar-refractivity contribution in [2.24, 2.45) is 5.92 Å². The molecule has 1 heterocycles. The van der Waals surface area contributed by atoms with Gasteiger partial charge in [0.25, 0.3) is 0 Å². The Labute approximate surface area is 104 Å². The van der Waals surface area contributed by atoms with Crippen LogP contribution in [0.4, 0.5) is 0 Å². The van der Waals surface area contributed by atoms with Gasteiger partial charge in [-0.15, -0.1) is 0 Å². The largest absolute Gasteiger partial charge is 0.475 e. The second-order valence-corrected chi connectivity index (χ2v) is 5.71. The third-order valence-corrected chi connectivity index (χ3v) is 3.84. The molecule has 1 aromatic rings. The highest BCUT2D eigenvalue weighted by molar-refractivity contribution is 7.89. The van der Waals surface area contributed by atoms with Gasteiger partial charge >= 0.3 is 5.97 Å². The molecule has 0 saturated heterocycles. The molecule has 0 bridgehead atoms. The van der Waals surface area contributed by atoms with E-state index in [4.69, 9.17) is 14.6 Å². The zero-order valence-electron chi connectivity index (χ0n) is 10.0. The first-order valence-corrected chi connectivity index (χ1v) is 6.70. The smallest absolute Gasteiger partial charge is 0.371 e. The SMILES string of the molecule is Cc1oc(C(=O)O)cc1S(=O)(=O)NCC(C)CO. The van der Waals surface area contributed by atoms with Crippen LogP contribution in [0.2, 0.25) is 0 Å². The zero-order chi connectivity index (χ0) is 13.9. The van der Waals surface area contributed by atoms with Crippen molar-refractivity contribution >= 4 is 16.0 Å². The Kier molecular flexibility index (Phi) is 4.49. The molecule has 0 saturated carbocycles. The van der Waals surface area contributed by atoms with Crippen LogP contribution in [0.25, 0.3) is 0 Å². The number of carboxylic acid groups (broad SMARTS) is 1. The Morgan fingerprint density at radius 3 is 2.61 bits per heavy atom. The van der Waals surface area contributed by atoms with Crippen LogP contribution in [0.5, 0.6) is 0 Å². The average molecular weight is 277 g/mol. The van der Waals surface area contributed by atoms with Gasteiger partial charge in [-0.05, 0) is 12.8 Å². The maximum atomic E-state index is 11.9. The molecule has 0 aliphatic heterocycles. The second kappa shape index (κ2) is 5.51. The Morgan fingerprint density at radius 2 is 2.17 bits per heavy atom. The quantitative estimate of drug-likeness (QED) is 0.683. The molecule has 102 valence electrons. The van der Waals surface area contributed by atoms with Crippen molar-refractivity contribution < 1.29 is 27.8 Å². The fourth-order valence-corrected chi connectivity index (χ4v) is 2.57. The molecule has 8 heteroatoms. The van der Waals surface area contributed by atoms with Crippen LogP contribution >= 0.6 is 0 Å². The summed E-state index contributed by atoms with van der Waals surface area (Å²) in [5, 5.41) is 17.5. The van der Waals surface area contributed by atoms with Crippen LogP contribution in [-0.4, -0.2) is 37.8 Å². The number of hydrogen-bond acceptors (Lipinski definition) is 5. The van der Waals surface area contributed by atoms with Gasteiger partial charge in [0.15, 0.2) is 0 Å². The van der Waals surface area contributed by atoms with Gasteiger partial charge in [0.2, 0.25) is 15.8 Å². The summed E-state index contributed by atoms with van der Waals surface area (Å²) >= 11 is 0. The zero-order valence-corrected chi connectivity index (χ0v) is 10.8. The number of carbonyl (C=O) groups is 1. The Hall–Kier alpha value is -1.38. The van der Waals surface area contributed by atoms with E-state index in [1.165, 1.54) is 6.92 Å². The minimum Gasteiger partial charge on any atom is -0.475 e. The summed E-state index contributed by atoms with van der Waals surface area (Å²) in [6.45, 7) is 2.96. The first-order valence-electron chi connectivity index (χ1n) is 5.22. The lowest BCUT2D eigenvalue weighted by molar-refractivity contribution is 0.0661. The van der Waals surface area contributed by atoms with E-state index in [0.717, 1.165) is 6.07 Å². The van der Waals surface area contributed by atoms with E-state index in [2.05, 4.69) is 4.72 Å². The van der Waals surface area contributed by atoms with Crippen LogP contribution in [-0.2, 0) is 10.0 Å². The minimum atomic E-state index is -3.83. The number of aliphatic hydroxyl groups is 1. The van der Waals surface area contributed by atoms with Crippen LogP contribution in [0.15, 0.2) is 15.4 Å². The third kappa shape index (κ3) is 3.31. The van der Waals surface area contributed by atoms with Gasteiger partial charge in [-0.3, -0.25) is 0 Å². The number of rotatable bonds is 6. The van der Waals surface area contributed by atoms with Crippen molar-refractivity contribution in [3.05, 3.63) is 17.6 Å². The molecule has 0 amide bonds. The molecule has 0 radical (unpaired) electrons. The number of aromatic carboxylic acids is 1. The van der Waals surface area contributed by atoms with E-state index in [9.17, 15) is 13.2 Å². The minimum absolute atomic E-state index is 0.0107. The number of hydrogen-bond donors (Lipinski definition) is 3. The lowest BCUT2D eigenvalue weighted by Crippen LogP contribution is -2.29. The first kappa shape index (κ1) is 14.7. The van der Waals surface area contributed by atoms with E-state index in [1.54, 1.807) is 6.92 Å². The molecule has 1 atom stereocenters. The van der Waals surface area contributed by atoms with Gasteiger partial charge in [-0.1, -0.05) is 6.92 Å². The Morgan fingerprint density at radius 1 is 1.56 bits per heavy atom. The fraction of sp³-hybridized carbons (Fsp3) is 0.500. The number of carboxylic acids is 1. The summed E-state index contributed by atoms with van der Waals surface area (Å²) in [6, 6.07) is 0.962. The lowest BCUT2D eigenvalue weighted by atomic mass is 10.2. The van der Waals surface area contributed by atoms with E-state index in [0.29, 0.717) is 0 Å². The number of nitrogens with one attached hydrogen (secondary N) is 1. The van der Waals surface area contributed by atoms with Crippen molar-refractivity contribution in [3.63, 3.8) is 0 Å². The Balaban J connectivity index is 2.95. The molecule has 1 aromatic heterocycles. The monoisotopic (exact) mass is 277 g/mol. The molecule has 1 unspecified atom stereocenters. The second-order valence-electron chi connectivity index (χ2n) is 3.98. The molecule has 0 fully saturated rings. The number of sulfonamides is 1. The third-order valence-electron chi connectivity index (χ3n) is 2.31. The molecule has 3 N–H and O–H groups in total. The van der Waals surface area contributed by atoms with Gasteiger partial charge in [0.05, 0.1) is 0 Å². The van der Waals surface area contributed by atoms with E-state index >= 15 is 0 Å². The predicted octanol–water partition coefficient (Wildman–Crippen LogP) is 0.193. The van der Waals surface area contributed by atoms with Crippen LogP contribution < -0.4 is 4.72 Å². The maximum absolute atomic E-state index is 11.9. The normalized spacial score (nSPS) is 13.5. The summed E-state index contributed by atoms with van der Waals surface area (Å²) < 4.78 is 30.8. The van der Waals surface area contributed by atoms with Crippen molar-refractivity contribution in [1.29, 1.82) is 0 Å². The number of furan rings is 1. The van der Waals surface area contributed by atoms with Gasteiger partial charge in [-0.2, -0.15) is 0 Å². The van der Waals surface area contributed by atoms with Crippen molar-refractivity contribution in [2.45, 2.75) is 18.7 Å². The maximum Gasteiger partial charge on any atom is 0.371 e. The fourth-order valence-electron chi connectivity index (χ4n) is 1.23. The highest BCUT2D eigenvalue weighted by atomic mass is 32.2. The summed E-state index contributed by atoms with van der Waals surface area (Å²) in [5.74, 6) is -1.98. The van der Waals surface area contributed by atoms with Crippen LogP contribution in [0.1, 0.15) is 23.2 Å². The molecule has 1 rings (SSSR count). The molecule has 0 spiro atoms. The summed E-state index contributed by atoms with van der Waals surface area (Å²) in [7, 11) is -3.83. The van der Waals surface area contributed by atoms with E-state index < -0.39 is 21.8 Å². The standard InChI is InChI=1S/C10H15NO6S/c1-6(5-12)4-11-18(15,16)9-3-8(10(13)14)17-7(9)2/h3,6,11-12H,4-5H2,1-2H3,(H,13,14). The highest BCUT2D eigenvalue weighted by Gasteiger charge is 2.23. The predicted molar refractivity (Wildman–Crippen MR) is 61.8 cm³/mol.